The Hall–Kier alpha value is -3.43. The normalized spacial score (nSPS) is 11.0. The van der Waals surface area contributed by atoms with Crippen molar-refractivity contribution >= 4 is 33.2 Å². The van der Waals surface area contributed by atoms with Crippen LogP contribution in [-0.2, 0) is 16.6 Å². The van der Waals surface area contributed by atoms with Gasteiger partial charge < -0.3 is 19.5 Å². The quantitative estimate of drug-likeness (QED) is 0.383. The van der Waals surface area contributed by atoms with Crippen LogP contribution in [0, 0.1) is 0 Å². The number of sulfonamides is 1. The van der Waals surface area contributed by atoms with Crippen molar-refractivity contribution in [2.45, 2.75) is 6.54 Å². The third-order valence-corrected chi connectivity index (χ3v) is 6.41. The largest absolute Gasteiger partial charge is 0.497 e. The van der Waals surface area contributed by atoms with Gasteiger partial charge in [-0.1, -0.05) is 29.8 Å². The Kier molecular flexibility index (Phi) is 8.84. The van der Waals surface area contributed by atoms with E-state index in [1.54, 1.807) is 49.6 Å². The number of ether oxygens (including phenoxy) is 3. The number of carbonyl (C=O) groups is 1. The highest BCUT2D eigenvalue weighted by Gasteiger charge is 2.22. The van der Waals surface area contributed by atoms with Gasteiger partial charge in [-0.25, -0.2) is 8.42 Å². The number of halogens is 1. The molecule has 3 rings (SSSR count). The minimum atomic E-state index is -3.64. The maximum atomic E-state index is 12.5. The molecule has 1 amide bonds. The molecule has 0 aliphatic rings. The van der Waals surface area contributed by atoms with Crippen molar-refractivity contribution in [1.82, 2.24) is 5.32 Å². The number of amides is 1. The summed E-state index contributed by atoms with van der Waals surface area (Å²) in [5, 5.41) is 3.18. The molecule has 0 saturated heterocycles. The van der Waals surface area contributed by atoms with Crippen LogP contribution < -0.4 is 23.8 Å². The zero-order valence-electron chi connectivity index (χ0n) is 19.7. The number of benzene rings is 3. The second-order valence-electron chi connectivity index (χ2n) is 7.57. The Morgan fingerprint density at radius 3 is 2.34 bits per heavy atom. The van der Waals surface area contributed by atoms with Crippen molar-refractivity contribution in [1.29, 1.82) is 0 Å². The highest BCUT2D eigenvalue weighted by molar-refractivity contribution is 7.92. The predicted molar refractivity (Wildman–Crippen MR) is 136 cm³/mol. The summed E-state index contributed by atoms with van der Waals surface area (Å²) in [6.07, 6.45) is 1.11. The SMILES string of the molecule is COc1cccc(OCCNC(=O)c2ccc(CN(c3cc(Cl)ccc3OC)S(C)(=O)=O)cc2)c1. The molecule has 1 N–H and O–H groups in total. The van der Waals surface area contributed by atoms with Crippen LogP contribution in [0.25, 0.3) is 0 Å². The van der Waals surface area contributed by atoms with E-state index in [-0.39, 0.29) is 12.5 Å². The van der Waals surface area contributed by atoms with Crippen LogP contribution >= 0.6 is 11.6 Å². The Morgan fingerprint density at radius 1 is 0.971 bits per heavy atom. The first-order valence-electron chi connectivity index (χ1n) is 10.7. The number of anilines is 1. The molecule has 0 heterocycles. The van der Waals surface area contributed by atoms with Crippen LogP contribution in [0.5, 0.6) is 17.2 Å². The highest BCUT2D eigenvalue weighted by atomic mass is 35.5. The molecule has 3 aromatic carbocycles. The van der Waals surface area contributed by atoms with Gasteiger partial charge in [0.2, 0.25) is 10.0 Å². The fraction of sp³-hybridized carbons (Fsp3) is 0.240. The first-order valence-corrected chi connectivity index (χ1v) is 12.9. The lowest BCUT2D eigenvalue weighted by Crippen LogP contribution is -2.30. The summed E-state index contributed by atoms with van der Waals surface area (Å²) >= 11 is 6.09. The van der Waals surface area contributed by atoms with Crippen molar-refractivity contribution in [3.63, 3.8) is 0 Å². The smallest absolute Gasteiger partial charge is 0.251 e. The van der Waals surface area contributed by atoms with Crippen LogP contribution in [0.3, 0.4) is 0 Å². The molecule has 0 aromatic heterocycles. The van der Waals surface area contributed by atoms with Gasteiger partial charge >= 0.3 is 0 Å². The van der Waals surface area contributed by atoms with Crippen LogP contribution in [-0.4, -0.2) is 48.0 Å². The zero-order chi connectivity index (χ0) is 25.4. The van der Waals surface area contributed by atoms with Crippen molar-refractivity contribution in [3.8, 4) is 17.2 Å². The van der Waals surface area contributed by atoms with Crippen LogP contribution in [0.15, 0.2) is 66.7 Å². The van der Waals surface area contributed by atoms with Crippen molar-refractivity contribution in [3.05, 3.63) is 82.9 Å². The van der Waals surface area contributed by atoms with E-state index in [4.69, 9.17) is 25.8 Å². The van der Waals surface area contributed by atoms with E-state index in [2.05, 4.69) is 5.32 Å². The van der Waals surface area contributed by atoms with Gasteiger partial charge in [0.1, 0.15) is 23.9 Å². The number of methoxy groups -OCH3 is 2. The molecule has 0 atom stereocenters. The number of nitrogens with zero attached hydrogens (tertiary/aromatic N) is 1. The summed E-state index contributed by atoms with van der Waals surface area (Å²) in [7, 11) is -0.599. The minimum Gasteiger partial charge on any atom is -0.497 e. The van der Waals surface area contributed by atoms with Crippen LogP contribution in [0.1, 0.15) is 15.9 Å². The van der Waals surface area contributed by atoms with Crippen molar-refractivity contribution < 1.29 is 27.4 Å². The third-order valence-electron chi connectivity index (χ3n) is 5.05. The fourth-order valence-corrected chi connectivity index (χ4v) is 4.34. The predicted octanol–water partition coefficient (Wildman–Crippen LogP) is 4.13. The second kappa shape index (κ2) is 11.8. The lowest BCUT2D eigenvalue weighted by atomic mass is 10.1. The number of hydrogen-bond acceptors (Lipinski definition) is 6. The molecule has 0 unspecified atom stereocenters. The van der Waals surface area contributed by atoms with Crippen molar-refractivity contribution in [2.75, 3.05) is 37.9 Å². The molecule has 3 aromatic rings. The Labute approximate surface area is 210 Å². The monoisotopic (exact) mass is 518 g/mol. The summed E-state index contributed by atoms with van der Waals surface area (Å²) in [4.78, 5) is 12.5. The molecule has 0 fully saturated rings. The molecule has 186 valence electrons. The zero-order valence-corrected chi connectivity index (χ0v) is 21.2. The van der Waals surface area contributed by atoms with Gasteiger partial charge in [-0.15, -0.1) is 0 Å². The maximum absolute atomic E-state index is 12.5. The molecular weight excluding hydrogens is 492 g/mol. The Bertz CT molecular complexity index is 1270. The Balaban J connectivity index is 1.62. The van der Waals surface area contributed by atoms with E-state index in [0.717, 1.165) is 6.26 Å². The van der Waals surface area contributed by atoms with Gasteiger partial charge in [-0.05, 0) is 48.0 Å². The van der Waals surface area contributed by atoms with E-state index in [9.17, 15) is 13.2 Å². The fourth-order valence-electron chi connectivity index (χ4n) is 3.29. The number of hydrogen-bond donors (Lipinski definition) is 1. The average Bonchev–Trinajstić information content (AvgIpc) is 2.84. The first kappa shape index (κ1) is 26.2. The van der Waals surface area contributed by atoms with E-state index in [1.807, 2.05) is 18.2 Å². The van der Waals surface area contributed by atoms with E-state index in [1.165, 1.54) is 17.5 Å². The molecule has 0 aliphatic carbocycles. The first-order chi connectivity index (χ1) is 16.7. The third kappa shape index (κ3) is 7.27. The molecule has 0 aliphatic heterocycles. The van der Waals surface area contributed by atoms with E-state index in [0.29, 0.717) is 52.2 Å². The van der Waals surface area contributed by atoms with Crippen LogP contribution in [0.2, 0.25) is 5.02 Å². The lowest BCUT2D eigenvalue weighted by molar-refractivity contribution is 0.0947. The number of carbonyl (C=O) groups excluding carboxylic acids is 1. The van der Waals surface area contributed by atoms with Gasteiger partial charge in [-0.2, -0.15) is 0 Å². The average molecular weight is 519 g/mol. The lowest BCUT2D eigenvalue weighted by Gasteiger charge is -2.24. The summed E-state index contributed by atoms with van der Waals surface area (Å²) in [5.74, 6) is 1.46. The molecule has 0 saturated carbocycles. The van der Waals surface area contributed by atoms with Gasteiger partial charge in [0.15, 0.2) is 0 Å². The molecule has 35 heavy (non-hydrogen) atoms. The summed E-state index contributed by atoms with van der Waals surface area (Å²) in [5.41, 5.74) is 1.47. The van der Waals surface area contributed by atoms with Crippen molar-refractivity contribution in [2.24, 2.45) is 0 Å². The van der Waals surface area contributed by atoms with Gasteiger partial charge in [0.05, 0.1) is 39.3 Å². The minimum absolute atomic E-state index is 0.0474. The maximum Gasteiger partial charge on any atom is 0.251 e. The second-order valence-corrected chi connectivity index (χ2v) is 9.91. The molecule has 0 radical (unpaired) electrons. The standard InChI is InChI=1S/C25H27ClN2O6S/c1-32-21-5-4-6-22(16-21)34-14-13-27-25(29)19-9-7-18(8-10-19)17-28(35(3,30)31)23-15-20(26)11-12-24(23)33-2/h4-12,15-16H,13-14,17H2,1-3H3,(H,27,29). The summed E-state index contributed by atoms with van der Waals surface area (Å²) in [6, 6.07) is 18.7. The van der Waals surface area contributed by atoms with Gasteiger partial charge in [-0.3, -0.25) is 9.10 Å². The Morgan fingerprint density at radius 2 is 1.69 bits per heavy atom. The molecule has 0 spiro atoms. The number of nitrogens with one attached hydrogen (secondary N) is 1. The molecule has 10 heteroatoms. The highest BCUT2D eigenvalue weighted by Crippen LogP contribution is 2.33. The summed E-state index contributed by atoms with van der Waals surface area (Å²) in [6.45, 7) is 0.655. The van der Waals surface area contributed by atoms with Gasteiger partial charge in [0.25, 0.3) is 5.91 Å². The molecular formula is C25H27ClN2O6S. The molecule has 8 nitrogen and oxygen atoms in total. The molecule has 0 bridgehead atoms. The number of rotatable bonds is 11. The summed E-state index contributed by atoms with van der Waals surface area (Å²) < 4.78 is 42.3. The van der Waals surface area contributed by atoms with Crippen LogP contribution in [0.4, 0.5) is 5.69 Å². The van der Waals surface area contributed by atoms with E-state index < -0.39 is 10.0 Å². The van der Waals surface area contributed by atoms with Gasteiger partial charge in [0, 0.05) is 16.7 Å². The van der Waals surface area contributed by atoms with E-state index >= 15 is 0 Å². The topological polar surface area (TPSA) is 94.2 Å².